The predicted molar refractivity (Wildman–Crippen MR) is 67.8 cm³/mol. The van der Waals surface area contributed by atoms with Crippen molar-refractivity contribution in [2.24, 2.45) is 5.92 Å². The third kappa shape index (κ3) is 3.61. The molecule has 0 saturated carbocycles. The van der Waals surface area contributed by atoms with Gasteiger partial charge in [0, 0.05) is 16.9 Å². The van der Waals surface area contributed by atoms with E-state index in [9.17, 15) is 4.39 Å². The molecule has 5 heteroatoms. The normalized spacial score (nSPS) is 19.2. The van der Waals surface area contributed by atoms with Gasteiger partial charge in [-0.3, -0.25) is 0 Å². The van der Waals surface area contributed by atoms with E-state index in [0.717, 1.165) is 24.0 Å². The molecule has 1 aromatic carbocycles. The Kier molecular flexibility index (Phi) is 5.52. The molecule has 0 aromatic heterocycles. The Morgan fingerprint density at radius 3 is 2.94 bits per heavy atom. The van der Waals surface area contributed by atoms with Crippen molar-refractivity contribution in [3.05, 3.63) is 28.5 Å². The Morgan fingerprint density at radius 1 is 1.50 bits per heavy atom. The van der Waals surface area contributed by atoms with Crippen LogP contribution < -0.4 is 10.1 Å². The first-order chi connectivity index (χ1) is 7.25. The first-order valence-corrected chi connectivity index (χ1v) is 5.83. The van der Waals surface area contributed by atoms with Crippen LogP contribution in [0, 0.1) is 11.7 Å². The number of hydrogen-bond donors (Lipinski definition) is 1. The van der Waals surface area contributed by atoms with Gasteiger partial charge < -0.3 is 10.1 Å². The maximum absolute atomic E-state index is 13.4. The Bertz CT molecular complexity index is 345. The van der Waals surface area contributed by atoms with Crippen LogP contribution in [0.15, 0.2) is 22.7 Å². The first kappa shape index (κ1) is 13.7. The molecular weight excluding hydrogens is 296 g/mol. The fourth-order valence-corrected chi connectivity index (χ4v) is 1.99. The SMILES string of the molecule is Cl.Fc1cc(Br)ccc1OCC1CCNC1. The molecule has 0 radical (unpaired) electrons. The van der Waals surface area contributed by atoms with Gasteiger partial charge in [-0.15, -0.1) is 12.4 Å². The number of rotatable bonds is 3. The topological polar surface area (TPSA) is 21.3 Å². The van der Waals surface area contributed by atoms with Crippen LogP contribution in [-0.2, 0) is 0 Å². The van der Waals surface area contributed by atoms with E-state index < -0.39 is 0 Å². The van der Waals surface area contributed by atoms with Crippen molar-refractivity contribution >= 4 is 28.3 Å². The van der Waals surface area contributed by atoms with Gasteiger partial charge in [-0.2, -0.15) is 0 Å². The summed E-state index contributed by atoms with van der Waals surface area (Å²) in [6.45, 7) is 2.60. The number of hydrogen-bond acceptors (Lipinski definition) is 2. The smallest absolute Gasteiger partial charge is 0.166 e. The Hall–Kier alpha value is -0.320. The highest BCUT2D eigenvalue weighted by molar-refractivity contribution is 9.10. The van der Waals surface area contributed by atoms with Crippen molar-refractivity contribution in [3.8, 4) is 5.75 Å². The largest absolute Gasteiger partial charge is 0.490 e. The minimum atomic E-state index is -0.310. The van der Waals surface area contributed by atoms with Crippen LogP contribution >= 0.6 is 28.3 Å². The van der Waals surface area contributed by atoms with E-state index in [0.29, 0.717) is 18.3 Å². The summed E-state index contributed by atoms with van der Waals surface area (Å²) in [6.07, 6.45) is 1.11. The number of halogens is 3. The van der Waals surface area contributed by atoms with Gasteiger partial charge in [-0.25, -0.2) is 4.39 Å². The summed E-state index contributed by atoms with van der Waals surface area (Å²) < 4.78 is 19.5. The minimum absolute atomic E-state index is 0. The van der Waals surface area contributed by atoms with Crippen LogP contribution in [0.3, 0.4) is 0 Å². The summed E-state index contributed by atoms with van der Waals surface area (Å²) >= 11 is 3.21. The van der Waals surface area contributed by atoms with Crippen molar-refractivity contribution in [1.82, 2.24) is 5.32 Å². The maximum Gasteiger partial charge on any atom is 0.166 e. The van der Waals surface area contributed by atoms with Gasteiger partial charge in [0.05, 0.1) is 6.61 Å². The van der Waals surface area contributed by atoms with Gasteiger partial charge in [-0.1, -0.05) is 15.9 Å². The van der Waals surface area contributed by atoms with E-state index in [1.165, 1.54) is 6.07 Å². The van der Waals surface area contributed by atoms with Gasteiger partial charge in [0.1, 0.15) is 0 Å². The van der Waals surface area contributed by atoms with Crippen molar-refractivity contribution in [1.29, 1.82) is 0 Å². The summed E-state index contributed by atoms with van der Waals surface area (Å²) in [5.74, 6) is 0.536. The predicted octanol–water partition coefficient (Wildman–Crippen LogP) is 3.00. The highest BCUT2D eigenvalue weighted by Gasteiger charge is 2.15. The van der Waals surface area contributed by atoms with Crippen molar-refractivity contribution in [2.75, 3.05) is 19.7 Å². The van der Waals surface area contributed by atoms with Gasteiger partial charge in [0.25, 0.3) is 0 Å². The second kappa shape index (κ2) is 6.42. The molecule has 0 bridgehead atoms. The lowest BCUT2D eigenvalue weighted by Crippen LogP contribution is -2.15. The van der Waals surface area contributed by atoms with Gasteiger partial charge in [-0.05, 0) is 31.2 Å². The molecule has 0 spiro atoms. The quantitative estimate of drug-likeness (QED) is 0.927. The van der Waals surface area contributed by atoms with Crippen LogP contribution in [0.4, 0.5) is 4.39 Å². The van der Waals surface area contributed by atoms with Crippen LogP contribution in [0.5, 0.6) is 5.75 Å². The minimum Gasteiger partial charge on any atom is -0.490 e. The monoisotopic (exact) mass is 309 g/mol. The molecule has 90 valence electrons. The molecule has 1 fully saturated rings. The van der Waals surface area contributed by atoms with Crippen molar-refractivity contribution in [3.63, 3.8) is 0 Å². The zero-order chi connectivity index (χ0) is 10.7. The van der Waals surface area contributed by atoms with E-state index in [-0.39, 0.29) is 18.2 Å². The molecule has 1 aliphatic rings. The van der Waals surface area contributed by atoms with Crippen LogP contribution in [-0.4, -0.2) is 19.7 Å². The zero-order valence-electron chi connectivity index (χ0n) is 8.71. The van der Waals surface area contributed by atoms with E-state index in [4.69, 9.17) is 4.74 Å². The summed E-state index contributed by atoms with van der Waals surface area (Å²) in [4.78, 5) is 0. The first-order valence-electron chi connectivity index (χ1n) is 5.04. The van der Waals surface area contributed by atoms with E-state index in [1.54, 1.807) is 12.1 Å². The Morgan fingerprint density at radius 2 is 2.31 bits per heavy atom. The fourth-order valence-electron chi connectivity index (χ4n) is 1.66. The van der Waals surface area contributed by atoms with Crippen LogP contribution in [0.1, 0.15) is 6.42 Å². The van der Waals surface area contributed by atoms with Gasteiger partial charge >= 0.3 is 0 Å². The second-order valence-electron chi connectivity index (χ2n) is 3.74. The van der Waals surface area contributed by atoms with Gasteiger partial charge in [0.2, 0.25) is 0 Å². The standard InChI is InChI=1S/C11H13BrFNO.ClH/c12-9-1-2-11(10(13)5-9)15-7-8-3-4-14-6-8;/h1-2,5,8,14H,3-4,6-7H2;1H. The number of benzene rings is 1. The maximum atomic E-state index is 13.4. The highest BCUT2D eigenvalue weighted by atomic mass is 79.9. The van der Waals surface area contributed by atoms with Crippen molar-refractivity contribution in [2.45, 2.75) is 6.42 Å². The molecule has 2 rings (SSSR count). The van der Waals surface area contributed by atoms with Crippen LogP contribution in [0.2, 0.25) is 0 Å². The molecule has 1 unspecified atom stereocenters. The van der Waals surface area contributed by atoms with Crippen LogP contribution in [0.25, 0.3) is 0 Å². The Labute approximate surface area is 109 Å². The molecule has 1 aromatic rings. The van der Waals surface area contributed by atoms with E-state index in [2.05, 4.69) is 21.2 Å². The number of nitrogens with one attached hydrogen (secondary N) is 1. The summed E-state index contributed by atoms with van der Waals surface area (Å²) in [5, 5.41) is 3.25. The molecule has 1 saturated heterocycles. The summed E-state index contributed by atoms with van der Waals surface area (Å²) in [6, 6.07) is 4.86. The average Bonchev–Trinajstić information content (AvgIpc) is 2.69. The third-order valence-corrected chi connectivity index (χ3v) is 3.02. The molecule has 16 heavy (non-hydrogen) atoms. The van der Waals surface area contributed by atoms with Gasteiger partial charge in [0.15, 0.2) is 11.6 Å². The molecular formula is C11H14BrClFNO. The molecule has 1 heterocycles. The van der Waals surface area contributed by atoms with Crippen molar-refractivity contribution < 1.29 is 9.13 Å². The lowest BCUT2D eigenvalue weighted by atomic mass is 10.1. The molecule has 1 atom stereocenters. The molecule has 1 N–H and O–H groups in total. The van der Waals surface area contributed by atoms with E-state index in [1.807, 2.05) is 0 Å². The molecule has 2 nitrogen and oxygen atoms in total. The average molecular weight is 311 g/mol. The zero-order valence-corrected chi connectivity index (χ0v) is 11.1. The lowest BCUT2D eigenvalue weighted by Gasteiger charge is -2.11. The third-order valence-electron chi connectivity index (χ3n) is 2.53. The molecule has 0 aliphatic carbocycles. The number of ether oxygens (including phenoxy) is 1. The lowest BCUT2D eigenvalue weighted by molar-refractivity contribution is 0.249. The van der Waals surface area contributed by atoms with E-state index >= 15 is 0 Å². The second-order valence-corrected chi connectivity index (χ2v) is 4.66. The fraction of sp³-hybridized carbons (Fsp3) is 0.455. The molecule has 1 aliphatic heterocycles. The highest BCUT2D eigenvalue weighted by Crippen LogP contribution is 2.22. The Balaban J connectivity index is 0.00000128. The summed E-state index contributed by atoms with van der Waals surface area (Å²) in [7, 11) is 0. The summed E-state index contributed by atoms with van der Waals surface area (Å²) in [5.41, 5.74) is 0. The molecule has 0 amide bonds.